The van der Waals surface area contributed by atoms with Crippen LogP contribution in [0.2, 0.25) is 0 Å². The minimum absolute atomic E-state index is 0.231. The maximum atomic E-state index is 14.7. The highest BCUT2D eigenvalue weighted by Gasteiger charge is 2.30. The number of anilines is 1. The zero-order valence-electron chi connectivity index (χ0n) is 13.8. The van der Waals surface area contributed by atoms with Crippen molar-refractivity contribution in [2.45, 2.75) is 6.42 Å². The van der Waals surface area contributed by atoms with Gasteiger partial charge in [-0.2, -0.15) is 0 Å². The van der Waals surface area contributed by atoms with E-state index in [1.165, 1.54) is 10.6 Å². The molecule has 0 unspecified atom stereocenters. The van der Waals surface area contributed by atoms with E-state index in [1.807, 2.05) is 0 Å². The summed E-state index contributed by atoms with van der Waals surface area (Å²) in [5.74, 6) is -2.04. The van der Waals surface area contributed by atoms with E-state index in [2.05, 4.69) is 16.8 Å². The van der Waals surface area contributed by atoms with Gasteiger partial charge in [-0.05, 0) is 13.1 Å². The molecule has 4 heterocycles. The lowest BCUT2D eigenvalue weighted by Gasteiger charge is -2.35. The number of carboxylic acids is 1. The van der Waals surface area contributed by atoms with Crippen LogP contribution in [0.1, 0.15) is 15.9 Å². The predicted octanol–water partition coefficient (Wildman–Crippen LogP) is 0.824. The number of hydrogen-bond donors (Lipinski definition) is 1. The molecule has 0 aliphatic carbocycles. The molecule has 0 bridgehead atoms. The summed E-state index contributed by atoms with van der Waals surface area (Å²) in [4.78, 5) is 28.1. The second kappa shape index (κ2) is 5.73. The molecule has 0 aromatic carbocycles. The van der Waals surface area contributed by atoms with Gasteiger partial charge in [0.25, 0.3) is 5.56 Å². The van der Waals surface area contributed by atoms with Crippen LogP contribution in [0.4, 0.5) is 10.1 Å². The Morgan fingerprint density at radius 1 is 1.28 bits per heavy atom. The Labute approximate surface area is 142 Å². The van der Waals surface area contributed by atoms with Gasteiger partial charge in [-0.3, -0.25) is 9.20 Å². The first-order valence-electron chi connectivity index (χ1n) is 8.18. The normalized spacial score (nSPS) is 17.6. The van der Waals surface area contributed by atoms with Gasteiger partial charge in [0.05, 0.1) is 17.8 Å². The summed E-state index contributed by atoms with van der Waals surface area (Å²) < 4.78 is 21.7. The summed E-state index contributed by atoms with van der Waals surface area (Å²) in [5.41, 5.74) is -0.298. The van der Waals surface area contributed by atoms with E-state index >= 15 is 0 Å². The van der Waals surface area contributed by atoms with Crippen LogP contribution in [0.25, 0.3) is 5.52 Å². The van der Waals surface area contributed by atoms with Crippen LogP contribution in [0, 0.1) is 5.82 Å². The van der Waals surface area contributed by atoms with Crippen LogP contribution < -0.4 is 15.2 Å². The number of aromatic carboxylic acids is 1. The maximum Gasteiger partial charge on any atom is 0.344 e. The average molecular weight is 347 g/mol. The molecular formula is C17H18FN3O4. The third kappa shape index (κ3) is 2.36. The number of rotatable bonds is 2. The fourth-order valence-corrected chi connectivity index (χ4v) is 3.55. The molecule has 1 fully saturated rings. The number of halogens is 1. The molecule has 2 aromatic heterocycles. The standard InChI is InChI=1S/C17H18FN3O4/c1-19-5-7-20(8-6-19)11-2-4-21-14-10(3-9-25-15(11)14)13(18)12(16(21)22)17(23)24/h2,4H,3,5-9H2,1H3,(H,23,24). The van der Waals surface area contributed by atoms with Gasteiger partial charge in [-0.15, -0.1) is 0 Å². The molecule has 132 valence electrons. The highest BCUT2D eigenvalue weighted by atomic mass is 19.1. The smallest absolute Gasteiger partial charge is 0.344 e. The van der Waals surface area contributed by atoms with Crippen LogP contribution in [0.3, 0.4) is 0 Å². The number of hydrogen-bond acceptors (Lipinski definition) is 5. The Balaban J connectivity index is 1.96. The van der Waals surface area contributed by atoms with Crippen LogP contribution >= 0.6 is 0 Å². The maximum absolute atomic E-state index is 14.7. The first-order valence-corrected chi connectivity index (χ1v) is 8.18. The molecule has 4 rings (SSSR count). The Kier molecular flexibility index (Phi) is 3.64. The summed E-state index contributed by atoms with van der Waals surface area (Å²) in [7, 11) is 2.05. The number of piperazine rings is 1. The molecule has 1 N–H and O–H groups in total. The van der Waals surface area contributed by atoms with Crippen molar-refractivity contribution in [3.8, 4) is 5.75 Å². The van der Waals surface area contributed by atoms with Gasteiger partial charge in [0.15, 0.2) is 11.3 Å². The minimum atomic E-state index is -1.55. The average Bonchev–Trinajstić information content (AvgIpc) is 2.60. The molecule has 0 amide bonds. The summed E-state index contributed by atoms with van der Waals surface area (Å²) in [5, 5.41) is 9.20. The van der Waals surface area contributed by atoms with E-state index in [0.29, 0.717) is 11.3 Å². The molecule has 1 saturated heterocycles. The van der Waals surface area contributed by atoms with E-state index in [0.717, 1.165) is 31.9 Å². The third-order valence-corrected chi connectivity index (χ3v) is 4.93. The number of ether oxygens (including phenoxy) is 1. The fourth-order valence-electron chi connectivity index (χ4n) is 3.55. The van der Waals surface area contributed by atoms with Crippen molar-refractivity contribution in [2.24, 2.45) is 0 Å². The van der Waals surface area contributed by atoms with Crippen molar-refractivity contribution in [1.82, 2.24) is 9.30 Å². The highest BCUT2D eigenvalue weighted by molar-refractivity contribution is 5.90. The number of likely N-dealkylation sites (N-methyl/N-ethyl adjacent to an activating group) is 1. The molecule has 0 atom stereocenters. The number of carboxylic acid groups (broad SMARTS) is 1. The topological polar surface area (TPSA) is 74.5 Å². The van der Waals surface area contributed by atoms with Crippen LogP contribution in [-0.4, -0.2) is 60.2 Å². The zero-order chi connectivity index (χ0) is 17.7. The van der Waals surface area contributed by atoms with Crippen LogP contribution in [0.15, 0.2) is 17.1 Å². The van der Waals surface area contributed by atoms with Crippen molar-refractivity contribution in [3.05, 3.63) is 39.6 Å². The largest absolute Gasteiger partial charge is 0.489 e. The Bertz CT molecular complexity index is 932. The minimum Gasteiger partial charge on any atom is -0.489 e. The van der Waals surface area contributed by atoms with E-state index in [1.54, 1.807) is 6.07 Å². The van der Waals surface area contributed by atoms with Crippen molar-refractivity contribution < 1.29 is 19.0 Å². The van der Waals surface area contributed by atoms with Gasteiger partial charge >= 0.3 is 5.97 Å². The number of pyridine rings is 2. The van der Waals surface area contributed by atoms with Gasteiger partial charge < -0.3 is 19.6 Å². The molecule has 2 aliphatic heterocycles. The Morgan fingerprint density at radius 3 is 2.68 bits per heavy atom. The van der Waals surface area contributed by atoms with Gasteiger partial charge in [0.1, 0.15) is 5.82 Å². The first kappa shape index (κ1) is 15.9. The third-order valence-electron chi connectivity index (χ3n) is 4.93. The van der Waals surface area contributed by atoms with Crippen molar-refractivity contribution in [2.75, 3.05) is 44.7 Å². The fraction of sp³-hybridized carbons (Fsp3) is 0.412. The lowest BCUT2D eigenvalue weighted by Crippen LogP contribution is -2.44. The second-order valence-electron chi connectivity index (χ2n) is 6.42. The quantitative estimate of drug-likeness (QED) is 0.867. The molecule has 2 aliphatic rings. The molecule has 0 spiro atoms. The number of aromatic nitrogens is 1. The number of nitrogens with zero attached hydrogens (tertiary/aromatic N) is 3. The lowest BCUT2D eigenvalue weighted by atomic mass is 10.0. The highest BCUT2D eigenvalue weighted by Crippen LogP contribution is 2.38. The Morgan fingerprint density at radius 2 is 2.00 bits per heavy atom. The van der Waals surface area contributed by atoms with Crippen LogP contribution in [0.5, 0.6) is 5.75 Å². The summed E-state index contributed by atoms with van der Waals surface area (Å²) in [6.45, 7) is 3.66. The van der Waals surface area contributed by atoms with Gasteiger partial charge in [0.2, 0.25) is 0 Å². The SMILES string of the molecule is CN1CCN(c2ccn3c(=O)c(C(=O)O)c(F)c4c3c2OCC4)CC1. The lowest BCUT2D eigenvalue weighted by molar-refractivity contribution is 0.0689. The van der Waals surface area contributed by atoms with E-state index in [4.69, 9.17) is 4.74 Å². The van der Waals surface area contributed by atoms with Crippen molar-refractivity contribution >= 4 is 17.2 Å². The molecule has 0 radical (unpaired) electrons. The molecule has 25 heavy (non-hydrogen) atoms. The van der Waals surface area contributed by atoms with Gasteiger partial charge in [-0.1, -0.05) is 0 Å². The van der Waals surface area contributed by atoms with Crippen molar-refractivity contribution in [3.63, 3.8) is 0 Å². The molecule has 0 saturated carbocycles. The molecule has 8 heteroatoms. The monoisotopic (exact) mass is 347 g/mol. The molecule has 7 nitrogen and oxygen atoms in total. The molecule has 2 aromatic rings. The van der Waals surface area contributed by atoms with E-state index in [9.17, 15) is 19.1 Å². The number of carbonyl (C=O) groups is 1. The summed E-state index contributed by atoms with van der Waals surface area (Å²) >= 11 is 0. The zero-order valence-corrected chi connectivity index (χ0v) is 13.8. The second-order valence-corrected chi connectivity index (χ2v) is 6.42. The Hall–Kier alpha value is -2.61. The van der Waals surface area contributed by atoms with Gasteiger partial charge in [0, 0.05) is 44.4 Å². The van der Waals surface area contributed by atoms with Crippen molar-refractivity contribution in [1.29, 1.82) is 0 Å². The van der Waals surface area contributed by atoms with E-state index < -0.39 is 22.9 Å². The van der Waals surface area contributed by atoms with E-state index in [-0.39, 0.29) is 18.6 Å². The summed E-state index contributed by atoms with van der Waals surface area (Å²) in [6, 6.07) is 1.74. The van der Waals surface area contributed by atoms with Crippen LogP contribution in [-0.2, 0) is 6.42 Å². The summed E-state index contributed by atoms with van der Waals surface area (Å²) in [6.07, 6.45) is 1.74. The predicted molar refractivity (Wildman–Crippen MR) is 89.5 cm³/mol. The first-order chi connectivity index (χ1) is 12.0. The van der Waals surface area contributed by atoms with Gasteiger partial charge in [-0.25, -0.2) is 9.18 Å². The molecular weight excluding hydrogens is 329 g/mol.